The second-order valence-corrected chi connectivity index (χ2v) is 5.50. The molecule has 1 aromatic heterocycles. The highest BCUT2D eigenvalue weighted by Crippen LogP contribution is 2.20. The van der Waals surface area contributed by atoms with Crippen molar-refractivity contribution in [2.75, 3.05) is 0 Å². The number of rotatable bonds is 4. The van der Waals surface area contributed by atoms with Crippen LogP contribution in [0.2, 0.25) is 0 Å². The number of thioether (sulfide) groups is 1. The molecule has 2 aromatic rings. The standard InChI is InChI=1S/C15H18N2OS/c1-4-13-9-14(18)17(3)15(16-13)19-10-12-7-5-6-11(2)8-12/h5-9H,4,10H2,1-3H3. The van der Waals surface area contributed by atoms with E-state index in [1.165, 1.54) is 11.1 Å². The van der Waals surface area contributed by atoms with E-state index in [1.54, 1.807) is 29.4 Å². The predicted octanol–water partition coefficient (Wildman–Crippen LogP) is 2.94. The molecule has 0 saturated heterocycles. The number of benzene rings is 1. The summed E-state index contributed by atoms with van der Waals surface area (Å²) in [5.41, 5.74) is 3.37. The van der Waals surface area contributed by atoms with Crippen LogP contribution in [0.25, 0.3) is 0 Å². The number of nitrogens with zero attached hydrogens (tertiary/aromatic N) is 2. The SMILES string of the molecule is CCc1cc(=O)n(C)c(SCc2cccc(C)c2)n1. The average Bonchev–Trinajstić information content (AvgIpc) is 2.40. The van der Waals surface area contributed by atoms with Crippen LogP contribution in [0.15, 0.2) is 40.3 Å². The summed E-state index contributed by atoms with van der Waals surface area (Å²) in [6, 6.07) is 10.0. The lowest BCUT2D eigenvalue weighted by Crippen LogP contribution is -2.20. The second kappa shape index (κ2) is 6.06. The van der Waals surface area contributed by atoms with E-state index in [9.17, 15) is 4.79 Å². The Labute approximate surface area is 117 Å². The molecule has 0 atom stereocenters. The molecule has 2 rings (SSSR count). The minimum absolute atomic E-state index is 0.0126. The molecule has 100 valence electrons. The first-order valence-electron chi connectivity index (χ1n) is 6.35. The van der Waals surface area contributed by atoms with Crippen LogP contribution in [0.3, 0.4) is 0 Å². The minimum Gasteiger partial charge on any atom is -0.291 e. The number of aromatic nitrogens is 2. The largest absolute Gasteiger partial charge is 0.291 e. The molecule has 0 aliphatic rings. The molecular formula is C15H18N2OS. The Morgan fingerprint density at radius 3 is 2.79 bits per heavy atom. The molecule has 0 unspecified atom stereocenters. The van der Waals surface area contributed by atoms with Gasteiger partial charge in [-0.05, 0) is 18.9 Å². The molecule has 0 aliphatic heterocycles. The van der Waals surface area contributed by atoms with Crippen LogP contribution in [-0.4, -0.2) is 9.55 Å². The van der Waals surface area contributed by atoms with E-state index in [2.05, 4.69) is 36.2 Å². The van der Waals surface area contributed by atoms with Crippen molar-refractivity contribution in [3.63, 3.8) is 0 Å². The molecular weight excluding hydrogens is 256 g/mol. The molecule has 0 bridgehead atoms. The van der Waals surface area contributed by atoms with Crippen molar-refractivity contribution in [3.05, 3.63) is 57.5 Å². The van der Waals surface area contributed by atoms with Gasteiger partial charge in [0.2, 0.25) is 0 Å². The van der Waals surface area contributed by atoms with Gasteiger partial charge in [-0.3, -0.25) is 9.36 Å². The van der Waals surface area contributed by atoms with Crippen LogP contribution in [0, 0.1) is 6.92 Å². The Bertz CT molecular complexity index is 634. The molecule has 0 radical (unpaired) electrons. The lowest BCUT2D eigenvalue weighted by Gasteiger charge is -2.08. The zero-order valence-electron chi connectivity index (χ0n) is 11.5. The summed E-state index contributed by atoms with van der Waals surface area (Å²) in [5.74, 6) is 0.828. The summed E-state index contributed by atoms with van der Waals surface area (Å²) in [5, 5.41) is 0.783. The highest BCUT2D eigenvalue weighted by Gasteiger charge is 2.06. The molecule has 0 saturated carbocycles. The maximum atomic E-state index is 11.8. The third-order valence-corrected chi connectivity index (χ3v) is 4.06. The third-order valence-electron chi connectivity index (χ3n) is 2.96. The van der Waals surface area contributed by atoms with Gasteiger partial charge in [0.05, 0.1) is 0 Å². The van der Waals surface area contributed by atoms with Crippen molar-refractivity contribution in [3.8, 4) is 0 Å². The molecule has 19 heavy (non-hydrogen) atoms. The first kappa shape index (κ1) is 13.9. The molecule has 0 aliphatic carbocycles. The fraction of sp³-hybridized carbons (Fsp3) is 0.333. The van der Waals surface area contributed by atoms with Crippen LogP contribution in [0.4, 0.5) is 0 Å². The van der Waals surface area contributed by atoms with E-state index < -0.39 is 0 Å². The Kier molecular flexibility index (Phi) is 4.43. The lowest BCUT2D eigenvalue weighted by molar-refractivity contribution is 0.690. The summed E-state index contributed by atoms with van der Waals surface area (Å²) in [6.07, 6.45) is 0.786. The van der Waals surface area contributed by atoms with Crippen LogP contribution >= 0.6 is 11.8 Å². The Morgan fingerprint density at radius 2 is 2.11 bits per heavy atom. The van der Waals surface area contributed by atoms with Gasteiger partial charge in [-0.15, -0.1) is 0 Å². The van der Waals surface area contributed by atoms with Crippen LogP contribution in [0.1, 0.15) is 23.7 Å². The maximum absolute atomic E-state index is 11.8. The minimum atomic E-state index is 0.0126. The van der Waals surface area contributed by atoms with Crippen molar-refractivity contribution in [2.45, 2.75) is 31.2 Å². The van der Waals surface area contributed by atoms with Crippen molar-refractivity contribution in [1.29, 1.82) is 0 Å². The first-order chi connectivity index (χ1) is 9.10. The zero-order valence-corrected chi connectivity index (χ0v) is 12.3. The predicted molar refractivity (Wildman–Crippen MR) is 79.6 cm³/mol. The van der Waals surface area contributed by atoms with Crippen molar-refractivity contribution in [2.24, 2.45) is 7.05 Å². The molecule has 1 heterocycles. The van der Waals surface area contributed by atoms with Gasteiger partial charge in [0.15, 0.2) is 5.16 Å². The molecule has 4 heteroatoms. The van der Waals surface area contributed by atoms with Gasteiger partial charge in [-0.2, -0.15) is 0 Å². The van der Waals surface area contributed by atoms with Crippen LogP contribution in [-0.2, 0) is 19.2 Å². The van der Waals surface area contributed by atoms with Gasteiger partial charge in [0.25, 0.3) is 5.56 Å². The van der Waals surface area contributed by atoms with Gasteiger partial charge in [0, 0.05) is 24.6 Å². The smallest absolute Gasteiger partial charge is 0.254 e. The summed E-state index contributed by atoms with van der Waals surface area (Å²) < 4.78 is 1.61. The highest BCUT2D eigenvalue weighted by molar-refractivity contribution is 7.98. The molecule has 0 N–H and O–H groups in total. The fourth-order valence-electron chi connectivity index (χ4n) is 1.82. The molecule has 0 amide bonds. The third kappa shape index (κ3) is 3.47. The fourth-order valence-corrected chi connectivity index (χ4v) is 2.76. The summed E-state index contributed by atoms with van der Waals surface area (Å²) in [4.78, 5) is 16.3. The second-order valence-electron chi connectivity index (χ2n) is 4.56. The summed E-state index contributed by atoms with van der Waals surface area (Å²) >= 11 is 1.60. The van der Waals surface area contributed by atoms with Crippen molar-refractivity contribution >= 4 is 11.8 Å². The molecule has 0 fully saturated rings. The van der Waals surface area contributed by atoms with E-state index in [0.29, 0.717) is 0 Å². The topological polar surface area (TPSA) is 34.9 Å². The van der Waals surface area contributed by atoms with E-state index in [1.807, 2.05) is 6.92 Å². The normalized spacial score (nSPS) is 10.7. The van der Waals surface area contributed by atoms with Gasteiger partial charge in [0.1, 0.15) is 0 Å². The Hall–Kier alpha value is -1.55. The molecule has 1 aromatic carbocycles. The summed E-state index contributed by atoms with van der Waals surface area (Å²) in [7, 11) is 1.77. The number of hydrogen-bond acceptors (Lipinski definition) is 3. The van der Waals surface area contributed by atoms with Crippen molar-refractivity contribution in [1.82, 2.24) is 9.55 Å². The van der Waals surface area contributed by atoms with Gasteiger partial charge in [-0.1, -0.05) is 48.5 Å². The maximum Gasteiger partial charge on any atom is 0.254 e. The van der Waals surface area contributed by atoms with Gasteiger partial charge in [-0.25, -0.2) is 4.98 Å². The number of aryl methyl sites for hydroxylation is 2. The van der Waals surface area contributed by atoms with Crippen LogP contribution in [0.5, 0.6) is 0 Å². The average molecular weight is 274 g/mol. The van der Waals surface area contributed by atoms with Gasteiger partial charge < -0.3 is 0 Å². The van der Waals surface area contributed by atoms with E-state index in [0.717, 1.165) is 23.0 Å². The Balaban J connectivity index is 2.19. The summed E-state index contributed by atoms with van der Waals surface area (Å²) in [6.45, 7) is 4.09. The van der Waals surface area contributed by atoms with E-state index in [-0.39, 0.29) is 5.56 Å². The monoisotopic (exact) mass is 274 g/mol. The van der Waals surface area contributed by atoms with Crippen molar-refractivity contribution < 1.29 is 0 Å². The molecule has 3 nitrogen and oxygen atoms in total. The van der Waals surface area contributed by atoms with E-state index in [4.69, 9.17) is 0 Å². The Morgan fingerprint density at radius 1 is 1.32 bits per heavy atom. The highest BCUT2D eigenvalue weighted by atomic mass is 32.2. The quantitative estimate of drug-likeness (QED) is 0.635. The lowest BCUT2D eigenvalue weighted by atomic mass is 10.2. The first-order valence-corrected chi connectivity index (χ1v) is 7.34. The molecule has 0 spiro atoms. The zero-order chi connectivity index (χ0) is 13.8. The number of hydrogen-bond donors (Lipinski definition) is 0. The van der Waals surface area contributed by atoms with E-state index >= 15 is 0 Å². The van der Waals surface area contributed by atoms with Crippen LogP contribution < -0.4 is 5.56 Å². The van der Waals surface area contributed by atoms with Gasteiger partial charge >= 0.3 is 0 Å².